The predicted molar refractivity (Wildman–Crippen MR) is 104 cm³/mol. The first kappa shape index (κ1) is 17.1. The smallest absolute Gasteiger partial charge is 0.251 e. The molecule has 1 heterocycles. The van der Waals surface area contributed by atoms with E-state index in [0.29, 0.717) is 17.8 Å². The van der Waals surface area contributed by atoms with Gasteiger partial charge in [-0.05, 0) is 36.8 Å². The summed E-state index contributed by atoms with van der Waals surface area (Å²) in [5, 5.41) is 2.88. The van der Waals surface area contributed by atoms with E-state index in [4.69, 9.17) is 5.73 Å². The van der Waals surface area contributed by atoms with E-state index >= 15 is 0 Å². The summed E-state index contributed by atoms with van der Waals surface area (Å²) in [4.78, 5) is 16.7. The first-order chi connectivity index (χ1) is 12.2. The maximum atomic E-state index is 12.1. The Balaban J connectivity index is 1.64. The Morgan fingerprint density at radius 3 is 2.36 bits per heavy atom. The average Bonchev–Trinajstić information content (AvgIpc) is 2.67. The number of nitrogens with zero attached hydrogens (tertiary/aromatic N) is 2. The fourth-order valence-corrected chi connectivity index (χ4v) is 3.17. The predicted octanol–water partition coefficient (Wildman–Crippen LogP) is 2.74. The Morgan fingerprint density at radius 2 is 1.72 bits per heavy atom. The molecule has 1 amide bonds. The van der Waals surface area contributed by atoms with Crippen LogP contribution in [-0.2, 0) is 0 Å². The Kier molecular flexibility index (Phi) is 5.43. The molecule has 3 N–H and O–H groups in total. The molecule has 0 radical (unpaired) electrons. The molecule has 2 aromatic rings. The highest BCUT2D eigenvalue weighted by Crippen LogP contribution is 2.26. The lowest BCUT2D eigenvalue weighted by Crippen LogP contribution is -2.46. The Bertz CT molecular complexity index is 709. The monoisotopic (exact) mass is 338 g/mol. The van der Waals surface area contributed by atoms with Crippen LogP contribution in [0.1, 0.15) is 23.7 Å². The van der Waals surface area contributed by atoms with Crippen molar-refractivity contribution in [3.63, 3.8) is 0 Å². The molecule has 2 aromatic carbocycles. The molecule has 0 aromatic heterocycles. The van der Waals surface area contributed by atoms with Gasteiger partial charge in [-0.2, -0.15) is 0 Å². The van der Waals surface area contributed by atoms with Crippen LogP contribution in [0.3, 0.4) is 0 Å². The molecule has 0 unspecified atom stereocenters. The molecule has 5 heteroatoms. The summed E-state index contributed by atoms with van der Waals surface area (Å²) in [5.74, 6) is -0.0611. The number of carbonyl (C=O) groups excluding carboxylic acids is 1. The Hall–Kier alpha value is -2.69. The fraction of sp³-hybridized carbons (Fsp3) is 0.350. The van der Waals surface area contributed by atoms with E-state index in [1.165, 1.54) is 5.69 Å². The van der Waals surface area contributed by atoms with E-state index in [9.17, 15) is 4.79 Å². The molecule has 1 fully saturated rings. The van der Waals surface area contributed by atoms with Gasteiger partial charge in [-0.1, -0.05) is 25.1 Å². The molecule has 1 saturated heterocycles. The van der Waals surface area contributed by atoms with Crippen LogP contribution in [0, 0.1) is 0 Å². The number of rotatable bonds is 5. The number of carbonyl (C=O) groups is 1. The summed E-state index contributed by atoms with van der Waals surface area (Å²) in [6.07, 6.45) is 0.922. The lowest BCUT2D eigenvalue weighted by Gasteiger charge is -2.37. The van der Waals surface area contributed by atoms with Crippen molar-refractivity contribution in [1.29, 1.82) is 0 Å². The number of amides is 1. The van der Waals surface area contributed by atoms with Crippen molar-refractivity contribution in [2.75, 3.05) is 48.3 Å². The third-order valence-electron chi connectivity index (χ3n) is 4.57. The summed E-state index contributed by atoms with van der Waals surface area (Å²) in [7, 11) is 0. The van der Waals surface area contributed by atoms with E-state index in [-0.39, 0.29) is 5.91 Å². The molecule has 0 aliphatic carbocycles. The lowest BCUT2D eigenvalue weighted by molar-refractivity contribution is 0.0953. The number of nitrogens with two attached hydrogens (primary N) is 1. The second-order valence-electron chi connectivity index (χ2n) is 6.34. The van der Waals surface area contributed by atoms with Crippen molar-refractivity contribution in [3.8, 4) is 0 Å². The number of piperazine rings is 1. The highest BCUT2D eigenvalue weighted by Gasteiger charge is 2.19. The average molecular weight is 338 g/mol. The van der Waals surface area contributed by atoms with Gasteiger partial charge >= 0.3 is 0 Å². The molecule has 1 aliphatic heterocycles. The van der Waals surface area contributed by atoms with Crippen molar-refractivity contribution in [1.82, 2.24) is 5.32 Å². The standard InChI is InChI=1S/C20H26N4O/c1-2-10-22-20(25)16-8-9-19(18(21)15-16)24-13-11-23(12-14-24)17-6-4-3-5-7-17/h3-9,15H,2,10-14,21H2,1H3,(H,22,25). The van der Waals surface area contributed by atoms with Gasteiger partial charge in [0.15, 0.2) is 0 Å². The molecular formula is C20H26N4O. The molecule has 132 valence electrons. The van der Waals surface area contributed by atoms with Gasteiger partial charge in [-0.15, -0.1) is 0 Å². The molecule has 0 bridgehead atoms. The van der Waals surface area contributed by atoms with Crippen LogP contribution >= 0.6 is 0 Å². The Morgan fingerprint density at radius 1 is 1.04 bits per heavy atom. The minimum atomic E-state index is -0.0611. The summed E-state index contributed by atoms with van der Waals surface area (Å²) in [5.41, 5.74) is 9.79. The highest BCUT2D eigenvalue weighted by molar-refractivity contribution is 5.96. The molecule has 0 saturated carbocycles. The quantitative estimate of drug-likeness (QED) is 0.823. The number of anilines is 3. The van der Waals surface area contributed by atoms with E-state index in [1.54, 1.807) is 6.07 Å². The molecular weight excluding hydrogens is 312 g/mol. The lowest BCUT2D eigenvalue weighted by atomic mass is 10.1. The maximum absolute atomic E-state index is 12.1. The first-order valence-corrected chi connectivity index (χ1v) is 8.91. The largest absolute Gasteiger partial charge is 0.397 e. The summed E-state index contributed by atoms with van der Waals surface area (Å²) >= 11 is 0. The van der Waals surface area contributed by atoms with Crippen molar-refractivity contribution < 1.29 is 4.79 Å². The van der Waals surface area contributed by atoms with Crippen LogP contribution in [0.4, 0.5) is 17.1 Å². The zero-order valence-corrected chi connectivity index (χ0v) is 14.7. The third-order valence-corrected chi connectivity index (χ3v) is 4.57. The number of nitrogens with one attached hydrogen (secondary N) is 1. The number of nitrogen functional groups attached to an aromatic ring is 1. The third kappa shape index (κ3) is 4.05. The van der Waals surface area contributed by atoms with E-state index in [2.05, 4.69) is 39.4 Å². The van der Waals surface area contributed by atoms with Crippen LogP contribution in [0.25, 0.3) is 0 Å². The Labute approximate surface area is 149 Å². The van der Waals surface area contributed by atoms with Crippen LogP contribution in [0.15, 0.2) is 48.5 Å². The molecule has 25 heavy (non-hydrogen) atoms. The summed E-state index contributed by atoms with van der Waals surface area (Å²) in [6.45, 7) is 6.47. The zero-order valence-electron chi connectivity index (χ0n) is 14.7. The molecule has 1 aliphatic rings. The fourth-order valence-electron chi connectivity index (χ4n) is 3.17. The van der Waals surface area contributed by atoms with Gasteiger partial charge in [0, 0.05) is 44.0 Å². The minimum Gasteiger partial charge on any atom is -0.397 e. The van der Waals surface area contributed by atoms with E-state index in [0.717, 1.165) is 38.3 Å². The number of hydrogen-bond acceptors (Lipinski definition) is 4. The number of para-hydroxylation sites is 1. The van der Waals surface area contributed by atoms with Gasteiger partial charge in [0.05, 0.1) is 11.4 Å². The van der Waals surface area contributed by atoms with Crippen molar-refractivity contribution in [3.05, 3.63) is 54.1 Å². The van der Waals surface area contributed by atoms with Crippen molar-refractivity contribution in [2.24, 2.45) is 0 Å². The first-order valence-electron chi connectivity index (χ1n) is 8.91. The second-order valence-corrected chi connectivity index (χ2v) is 6.34. The second kappa shape index (κ2) is 7.92. The van der Waals surface area contributed by atoms with E-state index < -0.39 is 0 Å². The minimum absolute atomic E-state index is 0.0611. The number of benzene rings is 2. The SMILES string of the molecule is CCCNC(=O)c1ccc(N2CCN(c3ccccc3)CC2)c(N)c1. The van der Waals surface area contributed by atoms with Gasteiger partial charge in [-0.3, -0.25) is 4.79 Å². The normalized spacial score (nSPS) is 14.4. The van der Waals surface area contributed by atoms with Crippen molar-refractivity contribution >= 4 is 23.0 Å². The van der Waals surface area contributed by atoms with Gasteiger partial charge in [0.2, 0.25) is 0 Å². The molecule has 5 nitrogen and oxygen atoms in total. The molecule has 3 rings (SSSR count). The molecule has 0 spiro atoms. The van der Waals surface area contributed by atoms with Crippen LogP contribution in [0.2, 0.25) is 0 Å². The van der Waals surface area contributed by atoms with Gasteiger partial charge < -0.3 is 20.9 Å². The topological polar surface area (TPSA) is 61.6 Å². The van der Waals surface area contributed by atoms with Gasteiger partial charge in [0.1, 0.15) is 0 Å². The van der Waals surface area contributed by atoms with Crippen LogP contribution < -0.4 is 20.9 Å². The van der Waals surface area contributed by atoms with Gasteiger partial charge in [0.25, 0.3) is 5.91 Å². The maximum Gasteiger partial charge on any atom is 0.251 e. The van der Waals surface area contributed by atoms with Crippen molar-refractivity contribution in [2.45, 2.75) is 13.3 Å². The van der Waals surface area contributed by atoms with Crippen LogP contribution in [0.5, 0.6) is 0 Å². The van der Waals surface area contributed by atoms with Crippen LogP contribution in [-0.4, -0.2) is 38.6 Å². The summed E-state index contributed by atoms with van der Waals surface area (Å²) in [6, 6.07) is 16.1. The summed E-state index contributed by atoms with van der Waals surface area (Å²) < 4.78 is 0. The highest BCUT2D eigenvalue weighted by atomic mass is 16.1. The zero-order chi connectivity index (χ0) is 17.6. The number of hydrogen-bond donors (Lipinski definition) is 2. The van der Waals surface area contributed by atoms with Gasteiger partial charge in [-0.25, -0.2) is 0 Å². The molecule has 0 atom stereocenters. The van der Waals surface area contributed by atoms with E-state index in [1.807, 2.05) is 25.1 Å².